The molecule has 31 heavy (non-hydrogen) atoms. The first-order valence-corrected chi connectivity index (χ1v) is 10.3. The first kappa shape index (κ1) is 22.0. The predicted molar refractivity (Wildman–Crippen MR) is 120 cm³/mol. The third kappa shape index (κ3) is 5.93. The Labute approximate surface area is 184 Å². The number of rotatable bonds is 8. The van der Waals surface area contributed by atoms with Gasteiger partial charge in [0.1, 0.15) is 11.5 Å². The number of amides is 1. The van der Waals surface area contributed by atoms with Gasteiger partial charge in [-0.1, -0.05) is 30.3 Å². The highest BCUT2D eigenvalue weighted by Crippen LogP contribution is 2.26. The van der Waals surface area contributed by atoms with Crippen molar-refractivity contribution in [1.82, 2.24) is 4.98 Å². The second-order valence-electron chi connectivity index (χ2n) is 6.41. The molecule has 0 fully saturated rings. The van der Waals surface area contributed by atoms with Crippen molar-refractivity contribution in [2.75, 3.05) is 19.5 Å². The lowest BCUT2D eigenvalue weighted by Crippen LogP contribution is -2.29. The van der Waals surface area contributed by atoms with E-state index in [1.807, 2.05) is 35.7 Å². The van der Waals surface area contributed by atoms with Crippen LogP contribution >= 0.6 is 11.3 Å². The van der Waals surface area contributed by atoms with E-state index in [1.54, 1.807) is 31.4 Å². The number of hydrogen-bond acceptors (Lipinski definition) is 7. The molecule has 0 saturated heterocycles. The minimum Gasteiger partial charge on any atom is -0.497 e. The lowest BCUT2D eigenvalue weighted by Gasteiger charge is -2.11. The SMILES string of the molecule is COc1ccc(/C=C/C(=O)OC(C)C(=O)Nc2nc(-c3ccccc3)cs2)c(OC)c1. The van der Waals surface area contributed by atoms with Gasteiger partial charge in [-0.2, -0.15) is 0 Å². The number of anilines is 1. The second kappa shape index (κ2) is 10.4. The van der Waals surface area contributed by atoms with Crippen LogP contribution in [0.3, 0.4) is 0 Å². The Morgan fingerprint density at radius 3 is 2.58 bits per heavy atom. The van der Waals surface area contributed by atoms with E-state index >= 15 is 0 Å². The maximum Gasteiger partial charge on any atom is 0.331 e. The number of ether oxygens (including phenoxy) is 3. The Kier molecular flexibility index (Phi) is 7.40. The van der Waals surface area contributed by atoms with Crippen LogP contribution in [0.4, 0.5) is 5.13 Å². The van der Waals surface area contributed by atoms with Crippen molar-refractivity contribution in [2.24, 2.45) is 0 Å². The molecular formula is C23H22N2O5S. The maximum atomic E-state index is 12.4. The average Bonchev–Trinajstić information content (AvgIpc) is 3.26. The topological polar surface area (TPSA) is 86.8 Å². The summed E-state index contributed by atoms with van der Waals surface area (Å²) in [7, 11) is 3.08. The number of hydrogen-bond donors (Lipinski definition) is 1. The van der Waals surface area contributed by atoms with Gasteiger partial charge < -0.3 is 14.2 Å². The van der Waals surface area contributed by atoms with E-state index in [9.17, 15) is 9.59 Å². The first-order chi connectivity index (χ1) is 15.0. The minimum atomic E-state index is -0.987. The van der Waals surface area contributed by atoms with Crippen molar-refractivity contribution in [2.45, 2.75) is 13.0 Å². The van der Waals surface area contributed by atoms with Crippen molar-refractivity contribution in [1.29, 1.82) is 0 Å². The standard InChI is InChI=1S/C23H22N2O5S/c1-15(22(27)25-23-24-19(14-31-23)16-7-5-4-6-8-16)30-21(26)12-10-17-9-11-18(28-2)13-20(17)29-3/h4-15H,1-3H3,(H,24,25,27)/b12-10+. The van der Waals surface area contributed by atoms with Crippen LogP contribution in [-0.4, -0.2) is 37.2 Å². The normalized spacial score (nSPS) is 11.7. The highest BCUT2D eigenvalue weighted by molar-refractivity contribution is 7.14. The van der Waals surface area contributed by atoms with E-state index in [0.29, 0.717) is 22.2 Å². The average molecular weight is 439 g/mol. The van der Waals surface area contributed by atoms with E-state index in [0.717, 1.165) is 11.3 Å². The van der Waals surface area contributed by atoms with Crippen molar-refractivity contribution in [3.8, 4) is 22.8 Å². The first-order valence-electron chi connectivity index (χ1n) is 9.42. The second-order valence-corrected chi connectivity index (χ2v) is 7.27. The number of aromatic nitrogens is 1. The summed E-state index contributed by atoms with van der Waals surface area (Å²) >= 11 is 1.30. The van der Waals surface area contributed by atoms with E-state index < -0.39 is 18.0 Å². The van der Waals surface area contributed by atoms with Crippen LogP contribution in [-0.2, 0) is 14.3 Å². The lowest BCUT2D eigenvalue weighted by molar-refractivity contribution is -0.148. The van der Waals surface area contributed by atoms with Gasteiger partial charge in [-0.3, -0.25) is 10.1 Å². The highest BCUT2D eigenvalue weighted by Gasteiger charge is 2.18. The maximum absolute atomic E-state index is 12.4. The Morgan fingerprint density at radius 1 is 1.10 bits per heavy atom. The molecule has 0 saturated carbocycles. The van der Waals surface area contributed by atoms with Gasteiger partial charge in [0, 0.05) is 28.6 Å². The number of thiazole rings is 1. The molecule has 160 valence electrons. The summed E-state index contributed by atoms with van der Waals surface area (Å²) in [6.45, 7) is 1.50. The molecule has 7 nitrogen and oxygen atoms in total. The summed E-state index contributed by atoms with van der Waals surface area (Å²) in [5, 5.41) is 4.96. The molecule has 3 rings (SSSR count). The molecule has 0 radical (unpaired) electrons. The van der Waals surface area contributed by atoms with Crippen LogP contribution in [0, 0.1) is 0 Å². The molecule has 1 atom stereocenters. The zero-order valence-corrected chi connectivity index (χ0v) is 18.1. The molecule has 0 aliphatic heterocycles. The van der Waals surface area contributed by atoms with Crippen molar-refractivity contribution in [3.05, 3.63) is 65.6 Å². The van der Waals surface area contributed by atoms with Crippen LogP contribution in [0.15, 0.2) is 60.0 Å². The largest absolute Gasteiger partial charge is 0.497 e. The highest BCUT2D eigenvalue weighted by atomic mass is 32.1. The quantitative estimate of drug-likeness (QED) is 0.414. The third-order valence-electron chi connectivity index (χ3n) is 4.31. The molecule has 0 bridgehead atoms. The van der Waals surface area contributed by atoms with Crippen LogP contribution < -0.4 is 14.8 Å². The smallest absolute Gasteiger partial charge is 0.331 e. The minimum absolute atomic E-state index is 0.435. The Bertz CT molecular complexity index is 1080. The Morgan fingerprint density at radius 2 is 1.87 bits per heavy atom. The Balaban J connectivity index is 1.57. The Hall–Kier alpha value is -3.65. The summed E-state index contributed by atoms with van der Waals surface area (Å²) in [4.78, 5) is 28.9. The van der Waals surface area contributed by atoms with Gasteiger partial charge in [-0.25, -0.2) is 9.78 Å². The number of nitrogens with one attached hydrogen (secondary N) is 1. The van der Waals surface area contributed by atoms with Crippen molar-refractivity contribution < 1.29 is 23.8 Å². The molecule has 2 aromatic carbocycles. The number of carbonyl (C=O) groups is 2. The molecule has 1 heterocycles. The number of nitrogens with zero attached hydrogens (tertiary/aromatic N) is 1. The molecule has 8 heteroatoms. The summed E-state index contributed by atoms with van der Waals surface area (Å²) in [5.41, 5.74) is 2.40. The molecule has 0 spiro atoms. The molecule has 1 aromatic heterocycles. The number of benzene rings is 2. The van der Waals surface area contributed by atoms with Gasteiger partial charge in [0.15, 0.2) is 11.2 Å². The molecule has 0 aliphatic rings. The lowest BCUT2D eigenvalue weighted by atomic mass is 10.1. The van der Waals surface area contributed by atoms with Crippen LogP contribution in [0.5, 0.6) is 11.5 Å². The van der Waals surface area contributed by atoms with Crippen LogP contribution in [0.1, 0.15) is 12.5 Å². The summed E-state index contributed by atoms with van der Waals surface area (Å²) < 4.78 is 15.6. The molecule has 1 N–H and O–H groups in total. The fraction of sp³-hybridized carbons (Fsp3) is 0.174. The molecular weight excluding hydrogens is 416 g/mol. The van der Waals surface area contributed by atoms with Gasteiger partial charge in [-0.15, -0.1) is 11.3 Å². The van der Waals surface area contributed by atoms with Crippen LogP contribution in [0.2, 0.25) is 0 Å². The summed E-state index contributed by atoms with van der Waals surface area (Å²) in [5.74, 6) is 0.0778. The van der Waals surface area contributed by atoms with E-state index in [2.05, 4.69) is 10.3 Å². The van der Waals surface area contributed by atoms with E-state index in [1.165, 1.54) is 31.4 Å². The van der Waals surface area contributed by atoms with E-state index in [-0.39, 0.29) is 0 Å². The third-order valence-corrected chi connectivity index (χ3v) is 5.06. The van der Waals surface area contributed by atoms with Gasteiger partial charge in [0.05, 0.1) is 19.9 Å². The van der Waals surface area contributed by atoms with Gasteiger partial charge >= 0.3 is 5.97 Å². The van der Waals surface area contributed by atoms with E-state index in [4.69, 9.17) is 14.2 Å². The molecule has 1 amide bonds. The number of methoxy groups -OCH3 is 2. The van der Waals surface area contributed by atoms with Crippen molar-refractivity contribution in [3.63, 3.8) is 0 Å². The number of esters is 1. The van der Waals surface area contributed by atoms with Crippen LogP contribution in [0.25, 0.3) is 17.3 Å². The fourth-order valence-electron chi connectivity index (χ4n) is 2.66. The zero-order valence-electron chi connectivity index (χ0n) is 17.3. The fourth-order valence-corrected chi connectivity index (χ4v) is 3.38. The molecule has 1 unspecified atom stereocenters. The van der Waals surface area contributed by atoms with Gasteiger partial charge in [-0.05, 0) is 25.1 Å². The number of carbonyl (C=O) groups excluding carboxylic acids is 2. The van der Waals surface area contributed by atoms with Gasteiger partial charge in [0.25, 0.3) is 5.91 Å². The monoisotopic (exact) mass is 438 g/mol. The summed E-state index contributed by atoms with van der Waals surface area (Å²) in [6.07, 6.45) is 1.81. The summed E-state index contributed by atoms with van der Waals surface area (Å²) in [6, 6.07) is 14.9. The zero-order chi connectivity index (χ0) is 22.2. The predicted octanol–water partition coefficient (Wildman–Crippen LogP) is 4.41. The molecule has 0 aliphatic carbocycles. The van der Waals surface area contributed by atoms with Crippen molar-refractivity contribution >= 4 is 34.4 Å². The molecule has 3 aromatic rings. The van der Waals surface area contributed by atoms with Gasteiger partial charge in [0.2, 0.25) is 0 Å².